The maximum atomic E-state index is 12.7. The molecule has 0 saturated heterocycles. The molecule has 0 unspecified atom stereocenters. The summed E-state index contributed by atoms with van der Waals surface area (Å²) in [6, 6.07) is 19.3. The van der Waals surface area contributed by atoms with Crippen molar-refractivity contribution >= 4 is 24.1 Å². The summed E-state index contributed by atoms with van der Waals surface area (Å²) in [5.41, 5.74) is 2.14. The molecule has 1 aromatic heterocycles. The zero-order valence-corrected chi connectivity index (χ0v) is 17.1. The van der Waals surface area contributed by atoms with Crippen molar-refractivity contribution in [2.75, 3.05) is 0 Å². The molecule has 0 aliphatic carbocycles. The predicted molar refractivity (Wildman–Crippen MR) is 119 cm³/mol. The first kappa shape index (κ1) is 20.4. The second-order valence-electron chi connectivity index (χ2n) is 6.24. The first-order valence-corrected chi connectivity index (χ1v) is 9.77. The fourth-order valence-electron chi connectivity index (χ4n) is 3.00. The third-order valence-corrected chi connectivity index (χ3v) is 4.95. The molecule has 0 fully saturated rings. The van der Waals surface area contributed by atoms with Gasteiger partial charge in [0.15, 0.2) is 4.77 Å². The van der Waals surface area contributed by atoms with E-state index in [2.05, 4.69) is 10.2 Å². The highest BCUT2D eigenvalue weighted by atomic mass is 32.1. The number of rotatable bonds is 6. The Kier molecular flexibility index (Phi) is 6.51. The normalized spacial score (nSPS) is 11.0. The van der Waals surface area contributed by atoms with Crippen LogP contribution >= 0.6 is 12.2 Å². The Bertz CT molecular complexity index is 1120. The van der Waals surface area contributed by atoms with Crippen molar-refractivity contribution in [1.29, 1.82) is 0 Å². The summed E-state index contributed by atoms with van der Waals surface area (Å²) in [6.07, 6.45) is 1.29. The van der Waals surface area contributed by atoms with Crippen molar-refractivity contribution in [3.8, 4) is 5.88 Å². The summed E-state index contributed by atoms with van der Waals surface area (Å²) in [5.74, 6) is -0.202. The monoisotopic (exact) mass is 406 g/mol. The molecule has 1 heterocycles. The quantitative estimate of drug-likeness (QED) is 0.382. The number of aromatic nitrogens is 2. The molecule has 3 aromatic rings. The number of benzene rings is 2. The SMILES string of the molecule is CCn1c(O)c(/C=N/N=C(c2ccccc2)c2ccccc2)c(=O)n(CC)c1=S. The summed E-state index contributed by atoms with van der Waals surface area (Å²) >= 11 is 5.30. The largest absolute Gasteiger partial charge is 0.494 e. The Morgan fingerprint density at radius 2 is 1.48 bits per heavy atom. The van der Waals surface area contributed by atoms with Gasteiger partial charge in [-0.2, -0.15) is 5.10 Å². The summed E-state index contributed by atoms with van der Waals surface area (Å²) in [4.78, 5) is 12.7. The van der Waals surface area contributed by atoms with E-state index in [0.29, 0.717) is 18.8 Å². The van der Waals surface area contributed by atoms with Gasteiger partial charge in [0.2, 0.25) is 5.88 Å². The molecule has 7 heteroatoms. The minimum atomic E-state index is -0.389. The zero-order chi connectivity index (χ0) is 20.8. The predicted octanol–water partition coefficient (Wildman–Crippen LogP) is 4.00. The number of nitrogens with zero attached hydrogens (tertiary/aromatic N) is 4. The minimum Gasteiger partial charge on any atom is -0.494 e. The van der Waals surface area contributed by atoms with Crippen LogP contribution in [0.4, 0.5) is 0 Å². The van der Waals surface area contributed by atoms with Crippen LogP contribution in [0.5, 0.6) is 5.88 Å². The van der Waals surface area contributed by atoms with Crippen molar-refractivity contribution in [3.05, 3.63) is 92.5 Å². The van der Waals surface area contributed by atoms with Crippen molar-refractivity contribution in [2.24, 2.45) is 10.2 Å². The van der Waals surface area contributed by atoms with E-state index in [1.165, 1.54) is 15.3 Å². The van der Waals surface area contributed by atoms with E-state index in [1.54, 1.807) is 0 Å². The molecule has 1 N–H and O–H groups in total. The van der Waals surface area contributed by atoms with E-state index >= 15 is 0 Å². The molecule has 0 amide bonds. The maximum absolute atomic E-state index is 12.7. The van der Waals surface area contributed by atoms with Gasteiger partial charge in [0, 0.05) is 24.2 Å². The molecule has 29 heavy (non-hydrogen) atoms. The summed E-state index contributed by atoms with van der Waals surface area (Å²) in [6.45, 7) is 4.52. The minimum absolute atomic E-state index is 0.0616. The van der Waals surface area contributed by atoms with Crippen LogP contribution < -0.4 is 5.56 Å². The number of hydrogen-bond acceptors (Lipinski definition) is 5. The molecule has 0 bridgehead atoms. The third kappa shape index (κ3) is 4.25. The fraction of sp³-hybridized carbons (Fsp3) is 0.182. The van der Waals surface area contributed by atoms with Gasteiger partial charge in [0.1, 0.15) is 11.3 Å². The molecule has 6 nitrogen and oxygen atoms in total. The molecule has 2 aromatic carbocycles. The van der Waals surface area contributed by atoms with Gasteiger partial charge in [0.05, 0.1) is 6.21 Å². The van der Waals surface area contributed by atoms with Gasteiger partial charge in [0.25, 0.3) is 5.56 Å². The first-order valence-electron chi connectivity index (χ1n) is 9.36. The average Bonchev–Trinajstić information content (AvgIpc) is 2.75. The van der Waals surface area contributed by atoms with Crippen LogP contribution in [0.3, 0.4) is 0 Å². The van der Waals surface area contributed by atoms with E-state index in [-0.39, 0.29) is 21.8 Å². The Morgan fingerprint density at radius 1 is 0.966 bits per heavy atom. The van der Waals surface area contributed by atoms with Gasteiger partial charge in [-0.3, -0.25) is 13.9 Å². The molecular formula is C22H22N4O2S. The summed E-state index contributed by atoms with van der Waals surface area (Å²) in [7, 11) is 0. The smallest absolute Gasteiger partial charge is 0.267 e. The van der Waals surface area contributed by atoms with Crippen molar-refractivity contribution < 1.29 is 5.11 Å². The highest BCUT2D eigenvalue weighted by Crippen LogP contribution is 2.14. The highest BCUT2D eigenvalue weighted by molar-refractivity contribution is 7.71. The Morgan fingerprint density at radius 3 is 1.97 bits per heavy atom. The van der Waals surface area contributed by atoms with Crippen molar-refractivity contribution in [1.82, 2.24) is 9.13 Å². The van der Waals surface area contributed by atoms with Crippen LogP contribution in [0, 0.1) is 4.77 Å². The molecule has 0 aliphatic rings. The summed E-state index contributed by atoms with van der Waals surface area (Å²) < 4.78 is 3.21. The third-order valence-electron chi connectivity index (χ3n) is 4.51. The molecule has 3 rings (SSSR count). The number of aromatic hydroxyl groups is 1. The van der Waals surface area contributed by atoms with E-state index in [9.17, 15) is 9.90 Å². The fourth-order valence-corrected chi connectivity index (χ4v) is 3.43. The van der Waals surface area contributed by atoms with Crippen molar-refractivity contribution in [2.45, 2.75) is 26.9 Å². The Balaban J connectivity index is 2.12. The first-order chi connectivity index (χ1) is 14.1. The van der Waals surface area contributed by atoms with Gasteiger partial charge in [-0.15, -0.1) is 5.10 Å². The lowest BCUT2D eigenvalue weighted by Crippen LogP contribution is -2.27. The van der Waals surface area contributed by atoms with Gasteiger partial charge < -0.3 is 5.11 Å². The average molecular weight is 407 g/mol. The van der Waals surface area contributed by atoms with Crippen LogP contribution in [0.1, 0.15) is 30.5 Å². The van der Waals surface area contributed by atoms with E-state index in [4.69, 9.17) is 12.2 Å². The van der Waals surface area contributed by atoms with Gasteiger partial charge in [-0.1, -0.05) is 60.7 Å². The Hall–Kier alpha value is -3.32. The molecular weight excluding hydrogens is 384 g/mol. The topological polar surface area (TPSA) is 71.9 Å². The molecule has 148 valence electrons. The molecule has 0 saturated carbocycles. The van der Waals surface area contributed by atoms with Crippen LogP contribution in [-0.2, 0) is 13.1 Å². The molecule has 0 radical (unpaired) electrons. The molecule has 0 atom stereocenters. The van der Waals surface area contributed by atoms with Crippen LogP contribution in [0.2, 0.25) is 0 Å². The standard InChI is InChI=1S/C22H22N4O2S/c1-3-25-20(27)18(21(28)26(4-2)22(25)29)15-23-24-19(16-11-7-5-8-12-16)17-13-9-6-10-14-17/h5-15,27H,3-4H2,1-2H3/b23-15+. The number of hydrogen-bond donors (Lipinski definition) is 1. The second kappa shape index (κ2) is 9.25. The van der Waals surface area contributed by atoms with Gasteiger partial charge >= 0.3 is 0 Å². The van der Waals surface area contributed by atoms with Gasteiger partial charge in [-0.05, 0) is 26.1 Å². The second-order valence-corrected chi connectivity index (χ2v) is 6.60. The van der Waals surface area contributed by atoms with Crippen LogP contribution in [-0.4, -0.2) is 26.2 Å². The lowest BCUT2D eigenvalue weighted by atomic mass is 10.0. The Labute approximate surface area is 174 Å². The van der Waals surface area contributed by atoms with E-state index in [1.807, 2.05) is 74.5 Å². The lowest BCUT2D eigenvalue weighted by molar-refractivity contribution is 0.399. The van der Waals surface area contributed by atoms with Crippen molar-refractivity contribution in [3.63, 3.8) is 0 Å². The van der Waals surface area contributed by atoms with Crippen LogP contribution in [0.15, 0.2) is 75.7 Å². The lowest BCUT2D eigenvalue weighted by Gasteiger charge is -2.13. The molecule has 0 aliphatic heterocycles. The summed E-state index contributed by atoms with van der Waals surface area (Å²) in [5, 5.41) is 19.0. The molecule has 0 spiro atoms. The van der Waals surface area contributed by atoms with Gasteiger partial charge in [-0.25, -0.2) is 0 Å². The highest BCUT2D eigenvalue weighted by Gasteiger charge is 2.14. The van der Waals surface area contributed by atoms with E-state index in [0.717, 1.165) is 11.1 Å². The van der Waals surface area contributed by atoms with E-state index < -0.39 is 0 Å². The van der Waals surface area contributed by atoms with Crippen LogP contribution in [0.25, 0.3) is 0 Å². The zero-order valence-electron chi connectivity index (χ0n) is 16.3. The maximum Gasteiger partial charge on any atom is 0.267 e.